The highest BCUT2D eigenvalue weighted by Crippen LogP contribution is 2.35. The molecule has 0 spiro atoms. The molecular formula is C19H19N5O5. The van der Waals surface area contributed by atoms with Crippen LogP contribution in [0.4, 0.5) is 0 Å². The number of benzene rings is 1. The number of hydrogen-bond acceptors (Lipinski definition) is 7. The molecule has 29 heavy (non-hydrogen) atoms. The minimum absolute atomic E-state index is 0.0982. The fourth-order valence-corrected chi connectivity index (χ4v) is 3.43. The number of H-pyrrole nitrogens is 1. The van der Waals surface area contributed by atoms with E-state index in [0.29, 0.717) is 41.6 Å². The Hall–Kier alpha value is -3.37. The number of aliphatic hydroxyl groups excluding tert-OH is 2. The molecule has 0 aliphatic carbocycles. The van der Waals surface area contributed by atoms with Crippen molar-refractivity contribution in [3.8, 4) is 22.8 Å². The van der Waals surface area contributed by atoms with Gasteiger partial charge in [0.1, 0.15) is 0 Å². The third kappa shape index (κ3) is 2.93. The van der Waals surface area contributed by atoms with Crippen molar-refractivity contribution in [1.29, 1.82) is 0 Å². The van der Waals surface area contributed by atoms with Gasteiger partial charge in [0.25, 0.3) is 5.56 Å². The third-order valence-electron chi connectivity index (χ3n) is 5.15. The minimum atomic E-state index is -0.271. The average Bonchev–Trinajstić information content (AvgIpc) is 3.46. The normalized spacial score (nSPS) is 13.2. The highest BCUT2D eigenvalue weighted by molar-refractivity contribution is 5.73. The first-order valence-corrected chi connectivity index (χ1v) is 9.26. The number of aromatic amines is 1. The second-order valence-corrected chi connectivity index (χ2v) is 6.98. The zero-order valence-corrected chi connectivity index (χ0v) is 15.4. The Morgan fingerprint density at radius 2 is 2.03 bits per heavy atom. The summed E-state index contributed by atoms with van der Waals surface area (Å²) < 4.78 is 14.0. The molecule has 0 saturated heterocycles. The van der Waals surface area contributed by atoms with Crippen molar-refractivity contribution >= 4 is 16.9 Å². The minimum Gasteiger partial charge on any atom is -0.454 e. The van der Waals surface area contributed by atoms with Crippen LogP contribution in [0.2, 0.25) is 0 Å². The molecule has 0 saturated carbocycles. The van der Waals surface area contributed by atoms with Crippen molar-refractivity contribution in [2.24, 2.45) is 5.92 Å². The van der Waals surface area contributed by atoms with Gasteiger partial charge in [-0.1, -0.05) is 0 Å². The Labute approximate surface area is 164 Å². The molecule has 10 nitrogen and oxygen atoms in total. The van der Waals surface area contributed by atoms with Crippen molar-refractivity contribution in [3.63, 3.8) is 0 Å². The van der Waals surface area contributed by atoms with Gasteiger partial charge < -0.3 is 29.2 Å². The molecule has 0 unspecified atom stereocenters. The molecule has 150 valence electrons. The lowest BCUT2D eigenvalue weighted by Crippen LogP contribution is -2.16. The zero-order chi connectivity index (χ0) is 20.0. The van der Waals surface area contributed by atoms with Gasteiger partial charge in [-0.25, -0.2) is 9.38 Å². The summed E-state index contributed by atoms with van der Waals surface area (Å²) in [6.07, 6.45) is 3.80. The van der Waals surface area contributed by atoms with Gasteiger partial charge in [0.2, 0.25) is 12.6 Å². The molecule has 0 fully saturated rings. The van der Waals surface area contributed by atoms with Crippen LogP contribution in [0.15, 0.2) is 35.5 Å². The summed E-state index contributed by atoms with van der Waals surface area (Å²) in [4.78, 5) is 24.9. The van der Waals surface area contributed by atoms with Gasteiger partial charge in [0.15, 0.2) is 22.7 Å². The number of aliphatic hydroxyl groups is 2. The molecule has 0 atom stereocenters. The molecule has 0 radical (unpaired) electrons. The number of aromatic nitrogens is 5. The van der Waals surface area contributed by atoms with Crippen LogP contribution in [0.3, 0.4) is 0 Å². The number of imidazole rings is 2. The van der Waals surface area contributed by atoms with Crippen LogP contribution in [-0.4, -0.2) is 54.1 Å². The second-order valence-electron chi connectivity index (χ2n) is 6.98. The maximum absolute atomic E-state index is 12.9. The molecule has 1 aliphatic rings. The van der Waals surface area contributed by atoms with E-state index in [1.165, 1.54) is 4.40 Å². The molecular weight excluding hydrogens is 378 g/mol. The van der Waals surface area contributed by atoms with Gasteiger partial charge in [-0.15, -0.1) is 0 Å². The van der Waals surface area contributed by atoms with E-state index in [1.54, 1.807) is 17.1 Å². The van der Waals surface area contributed by atoms with Crippen LogP contribution in [0.1, 0.15) is 6.42 Å². The molecule has 4 aromatic rings. The maximum atomic E-state index is 12.9. The first kappa shape index (κ1) is 17.7. The van der Waals surface area contributed by atoms with Crippen molar-refractivity contribution in [2.45, 2.75) is 13.0 Å². The number of nitrogens with one attached hydrogen (secondary N) is 1. The number of aryl methyl sites for hydroxylation is 1. The SMILES string of the molecule is O=c1c2ncn(CCC(CO)CO)c2nc2[nH]c(-c3ccc4c(c3)OCO4)cn12. The smallest absolute Gasteiger partial charge is 0.287 e. The fraction of sp³-hybridized carbons (Fsp3) is 0.316. The molecule has 10 heteroatoms. The van der Waals surface area contributed by atoms with Gasteiger partial charge in [-0.3, -0.25) is 4.79 Å². The highest BCUT2D eigenvalue weighted by atomic mass is 16.7. The third-order valence-corrected chi connectivity index (χ3v) is 5.15. The van der Waals surface area contributed by atoms with Crippen LogP contribution < -0.4 is 15.0 Å². The quantitative estimate of drug-likeness (QED) is 0.438. The Balaban J connectivity index is 1.55. The van der Waals surface area contributed by atoms with Crippen molar-refractivity contribution in [1.82, 2.24) is 23.9 Å². The van der Waals surface area contributed by atoms with Gasteiger partial charge in [0, 0.05) is 37.4 Å². The number of nitrogens with zero attached hydrogens (tertiary/aromatic N) is 4. The largest absolute Gasteiger partial charge is 0.454 e. The first-order chi connectivity index (χ1) is 14.2. The van der Waals surface area contributed by atoms with E-state index in [-0.39, 0.29) is 37.0 Å². The lowest BCUT2D eigenvalue weighted by Gasteiger charge is -2.10. The van der Waals surface area contributed by atoms with Crippen LogP contribution in [-0.2, 0) is 6.54 Å². The molecule has 0 amide bonds. The van der Waals surface area contributed by atoms with Crippen molar-refractivity contribution < 1.29 is 19.7 Å². The van der Waals surface area contributed by atoms with Crippen LogP contribution >= 0.6 is 0 Å². The van der Waals surface area contributed by atoms with E-state index < -0.39 is 0 Å². The van der Waals surface area contributed by atoms with E-state index in [2.05, 4.69) is 15.0 Å². The number of fused-ring (bicyclic) bond motifs is 3. The molecule has 5 rings (SSSR count). The van der Waals surface area contributed by atoms with E-state index in [0.717, 1.165) is 5.56 Å². The average molecular weight is 397 g/mol. The Morgan fingerprint density at radius 3 is 2.86 bits per heavy atom. The van der Waals surface area contributed by atoms with Gasteiger partial charge in [-0.2, -0.15) is 4.98 Å². The lowest BCUT2D eigenvalue weighted by atomic mass is 10.1. The van der Waals surface area contributed by atoms with E-state index in [9.17, 15) is 15.0 Å². The summed E-state index contributed by atoms with van der Waals surface area (Å²) >= 11 is 0. The standard InChI is InChI=1S/C19H19N5O5/c25-7-11(8-26)3-4-23-9-20-16-17(23)22-19-21-13(6-24(19)18(16)27)12-1-2-14-15(5-12)29-10-28-14/h1-2,5-6,9,11,25-26H,3-4,7-8,10H2,(H,21,22). The van der Waals surface area contributed by atoms with Gasteiger partial charge >= 0.3 is 0 Å². The van der Waals surface area contributed by atoms with Gasteiger partial charge in [0.05, 0.1) is 12.0 Å². The van der Waals surface area contributed by atoms with Gasteiger partial charge in [-0.05, 0) is 24.6 Å². The summed E-state index contributed by atoms with van der Waals surface area (Å²) in [5.41, 5.74) is 2.01. The topological polar surface area (TPSA) is 127 Å². The van der Waals surface area contributed by atoms with Crippen LogP contribution in [0.5, 0.6) is 11.5 Å². The first-order valence-electron chi connectivity index (χ1n) is 9.26. The van der Waals surface area contributed by atoms with Crippen molar-refractivity contribution in [2.75, 3.05) is 20.0 Å². The molecule has 1 aromatic carbocycles. The molecule has 1 aliphatic heterocycles. The van der Waals surface area contributed by atoms with Crippen LogP contribution in [0, 0.1) is 5.92 Å². The highest BCUT2D eigenvalue weighted by Gasteiger charge is 2.17. The van der Waals surface area contributed by atoms with E-state index >= 15 is 0 Å². The Morgan fingerprint density at radius 1 is 1.21 bits per heavy atom. The molecule has 4 heterocycles. The molecule has 3 aromatic heterocycles. The van der Waals surface area contributed by atoms with Crippen LogP contribution in [0.25, 0.3) is 28.2 Å². The predicted octanol–water partition coefficient (Wildman–Crippen LogP) is 0.759. The summed E-state index contributed by atoms with van der Waals surface area (Å²) in [7, 11) is 0. The summed E-state index contributed by atoms with van der Waals surface area (Å²) in [5, 5.41) is 18.5. The summed E-state index contributed by atoms with van der Waals surface area (Å²) in [6.45, 7) is 0.485. The Bertz CT molecular complexity index is 1250. The predicted molar refractivity (Wildman–Crippen MR) is 103 cm³/mol. The second kappa shape index (κ2) is 6.90. The zero-order valence-electron chi connectivity index (χ0n) is 15.4. The van der Waals surface area contributed by atoms with Crippen molar-refractivity contribution in [3.05, 3.63) is 41.1 Å². The molecule has 3 N–H and O–H groups in total. The maximum Gasteiger partial charge on any atom is 0.287 e. The van der Waals surface area contributed by atoms with E-state index in [1.807, 2.05) is 18.2 Å². The Kier molecular flexibility index (Phi) is 4.22. The number of hydrogen-bond donors (Lipinski definition) is 3. The number of ether oxygens (including phenoxy) is 2. The monoisotopic (exact) mass is 397 g/mol. The number of rotatable bonds is 6. The molecule has 0 bridgehead atoms. The fourth-order valence-electron chi connectivity index (χ4n) is 3.43. The summed E-state index contributed by atoms with van der Waals surface area (Å²) in [5.74, 6) is 1.52. The lowest BCUT2D eigenvalue weighted by molar-refractivity contribution is 0.140. The summed E-state index contributed by atoms with van der Waals surface area (Å²) in [6, 6.07) is 5.55. The van der Waals surface area contributed by atoms with E-state index in [4.69, 9.17) is 9.47 Å².